The third-order valence-corrected chi connectivity index (χ3v) is 4.53. The molecule has 0 aliphatic rings. The molecule has 0 aliphatic carbocycles. The van der Waals surface area contributed by atoms with Gasteiger partial charge in [-0.2, -0.15) is 0 Å². The molecule has 0 spiro atoms. The van der Waals surface area contributed by atoms with Crippen LogP contribution in [0.5, 0.6) is 0 Å². The number of fused-ring (bicyclic) bond motifs is 1. The Hall–Kier alpha value is -3.00. The zero-order valence-electron chi connectivity index (χ0n) is 13.9. The quantitative estimate of drug-likeness (QED) is 0.490. The Labute approximate surface area is 142 Å². The largest absolute Gasteiger partial charge is 0.264 e. The molecule has 0 radical (unpaired) electrons. The zero-order valence-corrected chi connectivity index (χ0v) is 13.9. The molecule has 0 aliphatic heterocycles. The first-order chi connectivity index (χ1) is 11.7. The van der Waals surface area contributed by atoms with Crippen LogP contribution >= 0.6 is 0 Å². The molecule has 4 rings (SSSR count). The molecule has 2 aromatic carbocycles. The minimum Gasteiger partial charge on any atom is -0.264 e. The Bertz CT molecular complexity index is 1020. The average molecular weight is 311 g/mol. The van der Waals surface area contributed by atoms with Gasteiger partial charge < -0.3 is 0 Å². The number of hydrogen-bond donors (Lipinski definition) is 0. The molecular weight excluding hydrogens is 292 g/mol. The minimum atomic E-state index is 1.15. The second-order valence-electron chi connectivity index (χ2n) is 6.13. The van der Waals surface area contributed by atoms with Crippen LogP contribution in [0.3, 0.4) is 0 Å². The van der Waals surface area contributed by atoms with Crippen molar-refractivity contribution in [2.75, 3.05) is 0 Å². The van der Waals surface area contributed by atoms with Gasteiger partial charge in [-0.3, -0.25) is 4.98 Å². The molecule has 116 valence electrons. The molecule has 2 nitrogen and oxygen atoms in total. The zero-order chi connectivity index (χ0) is 16.5. The third-order valence-electron chi connectivity index (χ3n) is 4.53. The highest BCUT2D eigenvalue weighted by Gasteiger charge is 2.15. The summed E-state index contributed by atoms with van der Waals surface area (Å²) in [6, 6.07) is 21.3. The Kier molecular flexibility index (Phi) is 3.58. The first kappa shape index (κ1) is 14.6. The molecule has 0 saturated heterocycles. The highest BCUT2D eigenvalue weighted by atomic mass is 14.9. The number of nitrogens with zero attached hydrogens (tertiary/aromatic N) is 2. The molecule has 0 N–H and O–H groups in total. The van der Waals surface area contributed by atoms with Gasteiger partial charge in [-0.15, -0.1) is 0 Å². The van der Waals surface area contributed by atoms with Crippen LogP contribution in [0.1, 0.15) is 5.56 Å². The SMILES string of the molecule is Cc1ccccc1-c1cc2cccc(-c3cccnc3)c2c[n+]1C. The molecule has 0 fully saturated rings. The standard InChI is InChI=1S/C22H19N2/c1-16-7-3-4-10-19(16)22-13-17-8-5-11-20(21(17)15-24(22)2)18-9-6-12-23-14-18/h3-15H,1-2H3/q+1. The van der Waals surface area contributed by atoms with Crippen LogP contribution in [0.25, 0.3) is 33.2 Å². The van der Waals surface area contributed by atoms with Gasteiger partial charge in [-0.05, 0) is 35.6 Å². The molecule has 2 aromatic heterocycles. The smallest absolute Gasteiger partial charge is 0.213 e. The predicted octanol–water partition coefficient (Wildman–Crippen LogP) is 4.70. The lowest BCUT2D eigenvalue weighted by Crippen LogP contribution is -2.30. The van der Waals surface area contributed by atoms with Gasteiger partial charge in [-0.25, -0.2) is 4.57 Å². The summed E-state index contributed by atoms with van der Waals surface area (Å²) in [5, 5.41) is 2.48. The molecule has 0 saturated carbocycles. The van der Waals surface area contributed by atoms with Crippen molar-refractivity contribution in [3.63, 3.8) is 0 Å². The Morgan fingerprint density at radius 1 is 0.875 bits per heavy atom. The number of hydrogen-bond acceptors (Lipinski definition) is 1. The van der Waals surface area contributed by atoms with Crippen LogP contribution in [0.15, 0.2) is 79.3 Å². The number of aromatic nitrogens is 2. The van der Waals surface area contributed by atoms with Gasteiger partial charge in [0.2, 0.25) is 5.69 Å². The van der Waals surface area contributed by atoms with Crippen LogP contribution in [-0.4, -0.2) is 4.98 Å². The monoisotopic (exact) mass is 311 g/mol. The average Bonchev–Trinajstić information content (AvgIpc) is 2.62. The van der Waals surface area contributed by atoms with Crippen LogP contribution in [0, 0.1) is 6.92 Å². The second-order valence-corrected chi connectivity index (χ2v) is 6.13. The van der Waals surface area contributed by atoms with Gasteiger partial charge in [0.05, 0.1) is 5.39 Å². The summed E-state index contributed by atoms with van der Waals surface area (Å²) in [5.74, 6) is 0. The van der Waals surface area contributed by atoms with Crippen LogP contribution in [-0.2, 0) is 7.05 Å². The summed E-state index contributed by atoms with van der Waals surface area (Å²) < 4.78 is 2.21. The Balaban J connectivity index is 1.97. The third kappa shape index (κ3) is 2.46. The summed E-state index contributed by atoms with van der Waals surface area (Å²) in [6.07, 6.45) is 5.95. The highest BCUT2D eigenvalue weighted by Crippen LogP contribution is 2.30. The van der Waals surface area contributed by atoms with Gasteiger partial charge in [0.15, 0.2) is 6.20 Å². The highest BCUT2D eigenvalue weighted by molar-refractivity contribution is 5.96. The van der Waals surface area contributed by atoms with Gasteiger partial charge in [0, 0.05) is 29.6 Å². The van der Waals surface area contributed by atoms with E-state index < -0.39 is 0 Å². The van der Waals surface area contributed by atoms with Crippen molar-refractivity contribution in [3.05, 3.63) is 84.8 Å². The topological polar surface area (TPSA) is 16.8 Å². The molecular formula is C22H19N2+. The minimum absolute atomic E-state index is 1.15. The van der Waals surface area contributed by atoms with E-state index in [0.29, 0.717) is 0 Å². The summed E-state index contributed by atoms with van der Waals surface area (Å²) in [7, 11) is 2.11. The Morgan fingerprint density at radius 3 is 2.50 bits per heavy atom. The lowest BCUT2D eigenvalue weighted by atomic mass is 9.98. The summed E-state index contributed by atoms with van der Waals surface area (Å²) >= 11 is 0. The summed E-state index contributed by atoms with van der Waals surface area (Å²) in [6.45, 7) is 2.16. The predicted molar refractivity (Wildman–Crippen MR) is 98.5 cm³/mol. The summed E-state index contributed by atoms with van der Waals surface area (Å²) in [4.78, 5) is 4.26. The summed E-state index contributed by atoms with van der Waals surface area (Å²) in [5.41, 5.74) is 6.15. The van der Waals surface area contributed by atoms with Gasteiger partial charge in [-0.1, -0.05) is 42.5 Å². The first-order valence-corrected chi connectivity index (χ1v) is 8.13. The molecule has 0 amide bonds. The second kappa shape index (κ2) is 5.89. The lowest BCUT2D eigenvalue weighted by molar-refractivity contribution is -0.659. The molecule has 24 heavy (non-hydrogen) atoms. The van der Waals surface area contributed by atoms with Crippen molar-refractivity contribution in [3.8, 4) is 22.4 Å². The van der Waals surface area contributed by atoms with Crippen LogP contribution in [0.2, 0.25) is 0 Å². The van der Waals surface area contributed by atoms with Crippen molar-refractivity contribution in [2.24, 2.45) is 7.05 Å². The van der Waals surface area contributed by atoms with Crippen molar-refractivity contribution >= 4 is 10.8 Å². The number of pyridine rings is 2. The van der Waals surface area contributed by atoms with E-state index in [1.54, 1.807) is 0 Å². The fourth-order valence-electron chi connectivity index (χ4n) is 3.27. The normalized spacial score (nSPS) is 10.9. The number of aryl methyl sites for hydroxylation is 2. The maximum Gasteiger partial charge on any atom is 0.213 e. The maximum absolute atomic E-state index is 4.26. The van der Waals surface area contributed by atoms with E-state index in [-0.39, 0.29) is 0 Å². The van der Waals surface area contributed by atoms with E-state index in [4.69, 9.17) is 0 Å². The van der Waals surface area contributed by atoms with Gasteiger partial charge in [0.25, 0.3) is 0 Å². The van der Waals surface area contributed by atoms with E-state index in [9.17, 15) is 0 Å². The van der Waals surface area contributed by atoms with Crippen LogP contribution < -0.4 is 4.57 Å². The fourth-order valence-corrected chi connectivity index (χ4v) is 3.27. The van der Waals surface area contributed by atoms with E-state index in [1.165, 1.54) is 33.2 Å². The molecule has 0 unspecified atom stereocenters. The fraction of sp³-hybridized carbons (Fsp3) is 0.0909. The first-order valence-electron chi connectivity index (χ1n) is 8.13. The molecule has 2 heteroatoms. The van der Waals surface area contributed by atoms with E-state index in [2.05, 4.69) is 84.3 Å². The lowest BCUT2D eigenvalue weighted by Gasteiger charge is -2.09. The molecule has 2 heterocycles. The van der Waals surface area contributed by atoms with E-state index in [0.717, 1.165) is 5.56 Å². The molecule has 0 bridgehead atoms. The Morgan fingerprint density at radius 2 is 1.71 bits per heavy atom. The van der Waals surface area contributed by atoms with Crippen molar-refractivity contribution < 1.29 is 4.57 Å². The molecule has 4 aromatic rings. The van der Waals surface area contributed by atoms with Gasteiger partial charge in [0.1, 0.15) is 7.05 Å². The number of rotatable bonds is 2. The maximum atomic E-state index is 4.26. The van der Waals surface area contributed by atoms with Crippen molar-refractivity contribution in [1.29, 1.82) is 0 Å². The van der Waals surface area contributed by atoms with Crippen molar-refractivity contribution in [2.45, 2.75) is 6.92 Å². The van der Waals surface area contributed by atoms with E-state index >= 15 is 0 Å². The number of benzene rings is 2. The van der Waals surface area contributed by atoms with Gasteiger partial charge >= 0.3 is 0 Å². The van der Waals surface area contributed by atoms with Crippen LogP contribution in [0.4, 0.5) is 0 Å². The van der Waals surface area contributed by atoms with E-state index in [1.807, 2.05) is 18.5 Å². The molecule has 0 atom stereocenters. The van der Waals surface area contributed by atoms with Crippen molar-refractivity contribution in [1.82, 2.24) is 4.98 Å².